The van der Waals surface area contributed by atoms with Gasteiger partial charge in [-0.1, -0.05) is 19.9 Å². The van der Waals surface area contributed by atoms with E-state index in [1.807, 2.05) is 41.1 Å². The van der Waals surface area contributed by atoms with Crippen molar-refractivity contribution in [1.82, 2.24) is 4.57 Å². The molecular formula is C15H20N2OS. The van der Waals surface area contributed by atoms with Crippen LogP contribution in [0.1, 0.15) is 48.9 Å². The quantitative estimate of drug-likeness (QED) is 0.932. The van der Waals surface area contributed by atoms with E-state index in [1.165, 1.54) is 0 Å². The standard InChI is InChI=1S/C15H20N2OS/c1-4-17-12(10(2)3)8-7-11(15(17)18)14(16)13-6-5-9-19-13/h5-10,14H,4,16H2,1-3H3. The molecular weight excluding hydrogens is 256 g/mol. The number of hydrogen-bond acceptors (Lipinski definition) is 3. The van der Waals surface area contributed by atoms with E-state index in [4.69, 9.17) is 5.73 Å². The summed E-state index contributed by atoms with van der Waals surface area (Å²) in [5.74, 6) is 0.333. The molecule has 0 radical (unpaired) electrons. The smallest absolute Gasteiger partial charge is 0.255 e. The molecule has 0 aliphatic rings. The molecule has 0 aliphatic carbocycles. The lowest BCUT2D eigenvalue weighted by atomic mass is 10.0. The van der Waals surface area contributed by atoms with Crippen molar-refractivity contribution in [3.05, 3.63) is 56.1 Å². The second kappa shape index (κ2) is 5.72. The maximum absolute atomic E-state index is 12.5. The number of nitrogens with zero attached hydrogens (tertiary/aromatic N) is 1. The second-order valence-corrected chi connectivity index (χ2v) is 5.89. The van der Waals surface area contributed by atoms with Gasteiger partial charge in [0.05, 0.1) is 6.04 Å². The highest BCUT2D eigenvalue weighted by molar-refractivity contribution is 7.10. The molecule has 2 heterocycles. The minimum absolute atomic E-state index is 0.0367. The van der Waals surface area contributed by atoms with Crippen LogP contribution >= 0.6 is 11.3 Å². The van der Waals surface area contributed by atoms with Gasteiger partial charge in [0.25, 0.3) is 5.56 Å². The molecule has 0 bridgehead atoms. The van der Waals surface area contributed by atoms with Crippen LogP contribution in [0, 0.1) is 0 Å². The fourth-order valence-electron chi connectivity index (χ4n) is 2.30. The number of hydrogen-bond donors (Lipinski definition) is 1. The summed E-state index contributed by atoms with van der Waals surface area (Å²) in [5, 5.41) is 1.98. The van der Waals surface area contributed by atoms with E-state index in [-0.39, 0.29) is 11.6 Å². The largest absolute Gasteiger partial charge is 0.319 e. The Labute approximate surface area is 117 Å². The molecule has 0 amide bonds. The minimum Gasteiger partial charge on any atom is -0.319 e. The SMILES string of the molecule is CCn1c(C(C)C)ccc(C(N)c2cccs2)c1=O. The number of rotatable bonds is 4. The third-order valence-corrected chi connectivity index (χ3v) is 4.29. The summed E-state index contributed by atoms with van der Waals surface area (Å²) in [6.45, 7) is 6.87. The number of thiophene rings is 1. The summed E-state index contributed by atoms with van der Waals surface area (Å²) < 4.78 is 1.83. The lowest BCUT2D eigenvalue weighted by Gasteiger charge is -2.17. The van der Waals surface area contributed by atoms with Gasteiger partial charge in [-0.2, -0.15) is 0 Å². The van der Waals surface area contributed by atoms with Gasteiger partial charge in [-0.25, -0.2) is 0 Å². The zero-order valence-electron chi connectivity index (χ0n) is 11.6. The average molecular weight is 276 g/mol. The molecule has 1 atom stereocenters. The van der Waals surface area contributed by atoms with Crippen molar-refractivity contribution < 1.29 is 0 Å². The Morgan fingerprint density at radius 3 is 2.58 bits per heavy atom. The molecule has 3 nitrogen and oxygen atoms in total. The van der Waals surface area contributed by atoms with Gasteiger partial charge in [-0.15, -0.1) is 11.3 Å². The average Bonchev–Trinajstić information content (AvgIpc) is 2.91. The topological polar surface area (TPSA) is 48.0 Å². The second-order valence-electron chi connectivity index (χ2n) is 4.91. The van der Waals surface area contributed by atoms with Crippen LogP contribution in [0.3, 0.4) is 0 Å². The Hall–Kier alpha value is -1.39. The van der Waals surface area contributed by atoms with E-state index < -0.39 is 0 Å². The van der Waals surface area contributed by atoms with Gasteiger partial charge in [0.15, 0.2) is 0 Å². The first kappa shape index (κ1) is 14.0. The summed E-state index contributed by atoms with van der Waals surface area (Å²) in [4.78, 5) is 13.6. The predicted molar refractivity (Wildman–Crippen MR) is 80.8 cm³/mol. The van der Waals surface area contributed by atoms with E-state index in [0.717, 1.165) is 10.6 Å². The lowest BCUT2D eigenvalue weighted by Crippen LogP contribution is -2.30. The van der Waals surface area contributed by atoms with E-state index in [1.54, 1.807) is 11.3 Å². The monoisotopic (exact) mass is 276 g/mol. The molecule has 102 valence electrons. The molecule has 1 unspecified atom stereocenters. The van der Waals surface area contributed by atoms with Crippen LogP contribution in [0.25, 0.3) is 0 Å². The molecule has 0 saturated carbocycles. The molecule has 0 aliphatic heterocycles. The summed E-state index contributed by atoms with van der Waals surface area (Å²) in [5.41, 5.74) is 7.98. The van der Waals surface area contributed by atoms with Crippen LogP contribution in [0.4, 0.5) is 0 Å². The van der Waals surface area contributed by atoms with Gasteiger partial charge in [0.1, 0.15) is 0 Å². The van der Waals surface area contributed by atoms with E-state index in [9.17, 15) is 4.79 Å². The summed E-state index contributed by atoms with van der Waals surface area (Å²) >= 11 is 1.59. The highest BCUT2D eigenvalue weighted by atomic mass is 32.1. The fraction of sp³-hybridized carbons (Fsp3) is 0.400. The molecule has 4 heteroatoms. The van der Waals surface area contributed by atoms with Gasteiger partial charge in [-0.3, -0.25) is 4.79 Å². The summed E-state index contributed by atoms with van der Waals surface area (Å²) in [6.07, 6.45) is 0. The van der Waals surface area contributed by atoms with Crippen molar-refractivity contribution >= 4 is 11.3 Å². The summed E-state index contributed by atoms with van der Waals surface area (Å²) in [7, 11) is 0. The molecule has 0 fully saturated rings. The molecule has 2 rings (SSSR count). The summed E-state index contributed by atoms with van der Waals surface area (Å²) in [6, 6.07) is 7.51. The van der Waals surface area contributed by atoms with Crippen LogP contribution in [0.2, 0.25) is 0 Å². The van der Waals surface area contributed by atoms with Crippen LogP contribution in [0.15, 0.2) is 34.4 Å². The van der Waals surface area contributed by atoms with Gasteiger partial charge in [-0.05, 0) is 36.4 Å². The normalized spacial score (nSPS) is 12.9. The third-order valence-electron chi connectivity index (χ3n) is 3.33. The van der Waals surface area contributed by atoms with Crippen molar-refractivity contribution in [1.29, 1.82) is 0 Å². The maximum atomic E-state index is 12.5. The zero-order chi connectivity index (χ0) is 14.0. The Morgan fingerprint density at radius 2 is 2.05 bits per heavy atom. The Kier molecular flexibility index (Phi) is 4.22. The van der Waals surface area contributed by atoms with Crippen molar-refractivity contribution in [3.8, 4) is 0 Å². The minimum atomic E-state index is -0.327. The van der Waals surface area contributed by atoms with E-state index >= 15 is 0 Å². The van der Waals surface area contributed by atoms with Gasteiger partial charge < -0.3 is 10.3 Å². The van der Waals surface area contributed by atoms with Gasteiger partial charge in [0, 0.05) is 22.7 Å². The van der Waals surface area contributed by atoms with E-state index in [0.29, 0.717) is 18.0 Å². The van der Waals surface area contributed by atoms with Gasteiger partial charge in [0.2, 0.25) is 0 Å². The Bertz CT molecular complexity index is 599. The number of nitrogens with two attached hydrogens (primary N) is 1. The van der Waals surface area contributed by atoms with E-state index in [2.05, 4.69) is 13.8 Å². The van der Waals surface area contributed by atoms with Crippen LogP contribution in [0.5, 0.6) is 0 Å². The maximum Gasteiger partial charge on any atom is 0.255 e. The molecule has 2 aromatic heterocycles. The predicted octanol–water partition coefficient (Wildman–Crippen LogP) is 3.10. The van der Waals surface area contributed by atoms with Crippen molar-refractivity contribution in [2.45, 2.75) is 39.3 Å². The Balaban J connectivity index is 2.52. The molecule has 2 N–H and O–H groups in total. The van der Waals surface area contributed by atoms with Crippen molar-refractivity contribution in [3.63, 3.8) is 0 Å². The first-order chi connectivity index (χ1) is 9.06. The lowest BCUT2D eigenvalue weighted by molar-refractivity contribution is 0.627. The molecule has 19 heavy (non-hydrogen) atoms. The van der Waals surface area contributed by atoms with Gasteiger partial charge >= 0.3 is 0 Å². The highest BCUT2D eigenvalue weighted by Gasteiger charge is 2.17. The fourth-order valence-corrected chi connectivity index (χ4v) is 3.04. The van der Waals surface area contributed by atoms with Crippen LogP contribution in [-0.4, -0.2) is 4.57 Å². The third kappa shape index (κ3) is 2.65. The highest BCUT2D eigenvalue weighted by Crippen LogP contribution is 2.23. The molecule has 2 aromatic rings. The molecule has 0 spiro atoms. The zero-order valence-corrected chi connectivity index (χ0v) is 12.4. The molecule has 0 saturated heterocycles. The van der Waals surface area contributed by atoms with Crippen LogP contribution < -0.4 is 11.3 Å². The van der Waals surface area contributed by atoms with Crippen LogP contribution in [-0.2, 0) is 6.54 Å². The number of aromatic nitrogens is 1. The van der Waals surface area contributed by atoms with Crippen molar-refractivity contribution in [2.75, 3.05) is 0 Å². The Morgan fingerprint density at radius 1 is 1.32 bits per heavy atom. The molecule has 0 aromatic carbocycles. The van der Waals surface area contributed by atoms with Crippen molar-refractivity contribution in [2.24, 2.45) is 5.73 Å². The first-order valence-electron chi connectivity index (χ1n) is 6.58. The first-order valence-corrected chi connectivity index (χ1v) is 7.46. The number of pyridine rings is 1.